The maximum Gasteiger partial charge on any atom is 0.573 e. The fraction of sp³-hybridized carbons (Fsp3) is 0.381. The molecule has 4 aromatic rings. The molecular formula is C21H21F3N6O. The molecule has 1 aliphatic carbocycles. The summed E-state index contributed by atoms with van der Waals surface area (Å²) < 4.78 is 42.4. The van der Waals surface area contributed by atoms with Crippen LogP contribution in [0.2, 0.25) is 0 Å². The van der Waals surface area contributed by atoms with Crippen LogP contribution in [0, 0.1) is 5.92 Å². The quantitative estimate of drug-likeness (QED) is 0.471. The molecule has 1 aliphatic rings. The monoisotopic (exact) mass is 430 g/mol. The van der Waals surface area contributed by atoms with Crippen LogP contribution in [0.4, 0.5) is 18.9 Å². The summed E-state index contributed by atoms with van der Waals surface area (Å²) in [6.07, 6.45) is 3.03. The van der Waals surface area contributed by atoms with Crippen molar-refractivity contribution < 1.29 is 17.9 Å². The van der Waals surface area contributed by atoms with Crippen LogP contribution in [0.3, 0.4) is 0 Å². The lowest BCUT2D eigenvalue weighted by Gasteiger charge is -2.28. The average molecular weight is 430 g/mol. The Morgan fingerprint density at radius 3 is 2.61 bits per heavy atom. The first-order valence-corrected chi connectivity index (χ1v) is 10.2. The van der Waals surface area contributed by atoms with Gasteiger partial charge < -0.3 is 15.0 Å². The molecule has 7 nitrogen and oxygen atoms in total. The van der Waals surface area contributed by atoms with Crippen molar-refractivity contribution >= 4 is 22.2 Å². The van der Waals surface area contributed by atoms with Crippen molar-refractivity contribution in [3.63, 3.8) is 0 Å². The van der Waals surface area contributed by atoms with Gasteiger partial charge in [-0.05, 0) is 61.9 Å². The zero-order valence-corrected chi connectivity index (χ0v) is 16.6. The Hall–Kier alpha value is -3.30. The van der Waals surface area contributed by atoms with Gasteiger partial charge in [-0.1, -0.05) is 5.21 Å². The molecule has 0 radical (unpaired) electrons. The van der Waals surface area contributed by atoms with Crippen LogP contribution in [-0.2, 0) is 0 Å². The molecule has 0 saturated heterocycles. The van der Waals surface area contributed by atoms with Gasteiger partial charge in [0.15, 0.2) is 0 Å². The highest BCUT2D eigenvalue weighted by Gasteiger charge is 2.31. The number of nitrogens with one attached hydrogen (secondary N) is 2. The van der Waals surface area contributed by atoms with Crippen molar-refractivity contribution in [2.24, 2.45) is 5.92 Å². The minimum atomic E-state index is -4.67. The van der Waals surface area contributed by atoms with Crippen molar-refractivity contribution in [2.75, 3.05) is 11.9 Å². The summed E-state index contributed by atoms with van der Waals surface area (Å²) in [4.78, 5) is 7.48. The number of fused-ring (bicyclic) bond motifs is 3. The number of anilines is 1. The number of hydrogen-bond donors (Lipinski definition) is 2. The molecule has 10 heteroatoms. The first-order chi connectivity index (χ1) is 15.0. The van der Waals surface area contributed by atoms with Crippen LogP contribution in [0.1, 0.15) is 37.3 Å². The molecule has 5 rings (SSSR count). The topological polar surface area (TPSA) is 80.1 Å². The Morgan fingerprint density at radius 1 is 1.10 bits per heavy atom. The molecule has 0 aliphatic heterocycles. The summed E-state index contributed by atoms with van der Waals surface area (Å²) in [5.74, 6) is 0.636. The molecule has 0 spiro atoms. The van der Waals surface area contributed by atoms with Gasteiger partial charge >= 0.3 is 6.36 Å². The molecule has 2 N–H and O–H groups in total. The smallest absolute Gasteiger partial charge is 0.406 e. The third-order valence-corrected chi connectivity index (χ3v) is 5.91. The number of nitrogens with zero attached hydrogens (tertiary/aromatic N) is 4. The van der Waals surface area contributed by atoms with Crippen LogP contribution < -0.4 is 10.1 Å². The van der Waals surface area contributed by atoms with Gasteiger partial charge in [-0.2, -0.15) is 0 Å². The van der Waals surface area contributed by atoms with Gasteiger partial charge in [0, 0.05) is 29.7 Å². The number of ether oxygens (including phenoxy) is 1. The van der Waals surface area contributed by atoms with Gasteiger partial charge in [0.2, 0.25) is 0 Å². The third kappa shape index (κ3) is 4.14. The van der Waals surface area contributed by atoms with Crippen LogP contribution in [-0.4, -0.2) is 37.7 Å². The molecule has 1 saturated carbocycles. The first kappa shape index (κ1) is 19.7. The number of aromatic amines is 1. The van der Waals surface area contributed by atoms with Crippen molar-refractivity contribution in [3.8, 4) is 5.75 Å². The lowest BCUT2D eigenvalue weighted by Crippen LogP contribution is -2.21. The zero-order chi connectivity index (χ0) is 21.4. The summed E-state index contributed by atoms with van der Waals surface area (Å²) in [7, 11) is 0. The highest BCUT2D eigenvalue weighted by atomic mass is 19.4. The molecule has 0 bridgehead atoms. The minimum Gasteiger partial charge on any atom is -0.406 e. The maximum atomic E-state index is 12.3. The molecular weight excluding hydrogens is 409 g/mol. The third-order valence-electron chi connectivity index (χ3n) is 5.91. The number of alkyl halides is 3. The summed E-state index contributed by atoms with van der Waals surface area (Å²) in [6, 6.07) is 7.85. The van der Waals surface area contributed by atoms with Crippen LogP contribution in [0.5, 0.6) is 5.75 Å². The van der Waals surface area contributed by atoms with Crippen molar-refractivity contribution in [2.45, 2.75) is 38.0 Å². The molecule has 0 amide bonds. The number of benzene rings is 1. The van der Waals surface area contributed by atoms with Crippen molar-refractivity contribution in [1.82, 2.24) is 24.8 Å². The van der Waals surface area contributed by atoms with E-state index < -0.39 is 6.36 Å². The van der Waals surface area contributed by atoms with E-state index in [1.807, 2.05) is 12.3 Å². The van der Waals surface area contributed by atoms with E-state index in [2.05, 4.69) is 30.3 Å². The molecule has 162 valence electrons. The molecule has 0 atom stereocenters. The van der Waals surface area contributed by atoms with Crippen LogP contribution in [0.25, 0.3) is 16.6 Å². The summed E-state index contributed by atoms with van der Waals surface area (Å²) in [5, 5.41) is 13.1. The molecule has 1 aromatic carbocycles. The second-order valence-corrected chi connectivity index (χ2v) is 7.92. The Kier molecular flexibility index (Phi) is 4.91. The van der Waals surface area contributed by atoms with Crippen molar-refractivity contribution in [3.05, 3.63) is 48.5 Å². The fourth-order valence-corrected chi connectivity index (χ4v) is 4.37. The highest BCUT2D eigenvalue weighted by molar-refractivity contribution is 5.92. The molecule has 3 aromatic heterocycles. The van der Waals surface area contributed by atoms with Crippen molar-refractivity contribution in [1.29, 1.82) is 0 Å². The number of rotatable bonds is 5. The molecule has 0 unspecified atom stereocenters. The second kappa shape index (κ2) is 7.75. The Bertz CT molecular complexity index is 1180. The second-order valence-electron chi connectivity index (χ2n) is 7.92. The summed E-state index contributed by atoms with van der Waals surface area (Å²) >= 11 is 0. The lowest BCUT2D eigenvalue weighted by atomic mass is 9.80. The van der Waals surface area contributed by atoms with Crippen LogP contribution >= 0.6 is 0 Å². The first-order valence-electron chi connectivity index (χ1n) is 10.2. The van der Waals surface area contributed by atoms with E-state index in [-0.39, 0.29) is 5.75 Å². The normalized spacial score (nSPS) is 19.7. The predicted octanol–water partition coefficient (Wildman–Crippen LogP) is 4.89. The van der Waals surface area contributed by atoms with Gasteiger partial charge in [-0.25, -0.2) is 9.50 Å². The van der Waals surface area contributed by atoms with E-state index in [0.717, 1.165) is 60.2 Å². The Labute approximate surface area is 175 Å². The largest absolute Gasteiger partial charge is 0.573 e. The molecule has 3 heterocycles. The van der Waals surface area contributed by atoms with E-state index in [4.69, 9.17) is 0 Å². The highest BCUT2D eigenvalue weighted by Crippen LogP contribution is 2.37. The number of hydrogen-bond acceptors (Lipinski definition) is 5. The lowest BCUT2D eigenvalue weighted by molar-refractivity contribution is -0.274. The van der Waals surface area contributed by atoms with E-state index >= 15 is 0 Å². The van der Waals surface area contributed by atoms with E-state index in [9.17, 15) is 13.2 Å². The molecule has 1 fully saturated rings. The Balaban J connectivity index is 1.19. The number of aromatic nitrogens is 5. The average Bonchev–Trinajstić information content (AvgIpc) is 3.39. The minimum absolute atomic E-state index is 0.216. The van der Waals surface area contributed by atoms with E-state index in [1.54, 1.807) is 23.0 Å². The van der Waals surface area contributed by atoms with Gasteiger partial charge in [-0.15, -0.1) is 18.3 Å². The number of halogens is 3. The van der Waals surface area contributed by atoms with Gasteiger partial charge in [0.25, 0.3) is 0 Å². The van der Waals surface area contributed by atoms with Gasteiger partial charge in [0.05, 0.1) is 5.69 Å². The summed E-state index contributed by atoms with van der Waals surface area (Å²) in [5.41, 5.74) is 3.66. The van der Waals surface area contributed by atoms with E-state index in [0.29, 0.717) is 11.8 Å². The Morgan fingerprint density at radius 2 is 1.87 bits per heavy atom. The predicted molar refractivity (Wildman–Crippen MR) is 109 cm³/mol. The maximum absolute atomic E-state index is 12.3. The van der Waals surface area contributed by atoms with E-state index in [1.165, 1.54) is 12.1 Å². The number of H-pyrrole nitrogens is 1. The fourth-order valence-electron chi connectivity index (χ4n) is 4.37. The van der Waals surface area contributed by atoms with Crippen LogP contribution in [0.15, 0.2) is 42.9 Å². The van der Waals surface area contributed by atoms with Gasteiger partial charge in [-0.3, -0.25) is 0 Å². The standard InChI is InChI=1S/C21H21F3N6O/c22-21(23,24)31-16-7-5-15(6-8-16)26-11-13-1-3-14(4-2-13)18-19-17-9-10-25-20(17)27-12-30(19)29-28-18/h5-10,12-14,25-26H,1-4,11H2. The zero-order valence-electron chi connectivity index (χ0n) is 16.6. The summed E-state index contributed by atoms with van der Waals surface area (Å²) in [6.45, 7) is 0.778. The SMILES string of the molecule is FC(F)(F)Oc1ccc(NCC2CCC(c3nnn4cnc5[nH]ccc5c34)CC2)cc1. The van der Waals surface area contributed by atoms with Gasteiger partial charge in [0.1, 0.15) is 23.2 Å². The molecule has 31 heavy (non-hydrogen) atoms.